The Bertz CT molecular complexity index is 359. The molecule has 1 aliphatic heterocycles. The fraction of sp³-hybridized carbons (Fsp3) is 0.273. The third-order valence-electron chi connectivity index (χ3n) is 2.34. The topological polar surface area (TPSA) is 41.5 Å². The Kier molecular flexibility index (Phi) is 2.31. The van der Waals surface area contributed by atoms with Crippen LogP contribution in [0.1, 0.15) is 18.5 Å². The zero-order chi connectivity index (χ0) is 9.97. The van der Waals surface area contributed by atoms with Crippen molar-refractivity contribution in [2.24, 2.45) is 11.0 Å². The SMILES string of the molecule is CC(=O)C1[C]=NNC1c1ccccc1. The highest BCUT2D eigenvalue weighted by atomic mass is 16.1. The molecule has 1 heterocycles. The van der Waals surface area contributed by atoms with Crippen LogP contribution < -0.4 is 5.43 Å². The standard InChI is InChI=1S/C11H11N2O/c1-8(14)10-7-12-13-11(10)9-5-3-2-4-6-9/h2-6,10-11,13H,1H3. The maximum absolute atomic E-state index is 11.3. The van der Waals surface area contributed by atoms with Gasteiger partial charge in [0, 0.05) is 0 Å². The summed E-state index contributed by atoms with van der Waals surface area (Å²) >= 11 is 0. The molecule has 2 atom stereocenters. The van der Waals surface area contributed by atoms with Crippen LogP contribution in [0.5, 0.6) is 0 Å². The number of benzene rings is 1. The number of hydrogen-bond donors (Lipinski definition) is 1. The number of carbonyl (C=O) groups is 1. The van der Waals surface area contributed by atoms with E-state index in [-0.39, 0.29) is 17.7 Å². The third kappa shape index (κ3) is 1.53. The van der Waals surface area contributed by atoms with E-state index in [1.807, 2.05) is 30.3 Å². The molecular weight excluding hydrogens is 176 g/mol. The fourth-order valence-corrected chi connectivity index (χ4v) is 1.58. The molecule has 0 aliphatic carbocycles. The van der Waals surface area contributed by atoms with E-state index in [2.05, 4.69) is 16.7 Å². The minimum Gasteiger partial charge on any atom is -0.301 e. The van der Waals surface area contributed by atoms with Crippen molar-refractivity contribution in [3.05, 3.63) is 35.9 Å². The van der Waals surface area contributed by atoms with E-state index >= 15 is 0 Å². The molecule has 0 aromatic heterocycles. The lowest BCUT2D eigenvalue weighted by atomic mass is 9.93. The second kappa shape index (κ2) is 3.62. The Labute approximate surface area is 82.8 Å². The second-order valence-electron chi connectivity index (χ2n) is 3.35. The molecule has 0 bridgehead atoms. The van der Waals surface area contributed by atoms with Crippen molar-refractivity contribution < 1.29 is 4.79 Å². The molecule has 0 spiro atoms. The van der Waals surface area contributed by atoms with Crippen molar-refractivity contribution in [1.82, 2.24) is 5.43 Å². The minimum absolute atomic E-state index is 0.0475. The molecule has 1 N–H and O–H groups in total. The van der Waals surface area contributed by atoms with E-state index in [1.54, 1.807) is 6.92 Å². The number of hydrogen-bond acceptors (Lipinski definition) is 3. The number of nitrogens with one attached hydrogen (secondary N) is 1. The van der Waals surface area contributed by atoms with Crippen LogP contribution in [0.3, 0.4) is 0 Å². The van der Waals surface area contributed by atoms with Crippen LogP contribution >= 0.6 is 0 Å². The zero-order valence-corrected chi connectivity index (χ0v) is 7.90. The van der Waals surface area contributed by atoms with Crippen molar-refractivity contribution in [2.75, 3.05) is 0 Å². The summed E-state index contributed by atoms with van der Waals surface area (Å²) in [5.41, 5.74) is 3.97. The van der Waals surface area contributed by atoms with Crippen LogP contribution in [-0.2, 0) is 4.79 Å². The van der Waals surface area contributed by atoms with Gasteiger partial charge < -0.3 is 5.43 Å². The average molecular weight is 187 g/mol. The summed E-state index contributed by atoms with van der Waals surface area (Å²) in [6.07, 6.45) is 2.77. The van der Waals surface area contributed by atoms with Crippen LogP contribution in [0, 0.1) is 5.92 Å². The minimum atomic E-state index is -0.252. The number of ketones is 1. The Morgan fingerprint density at radius 1 is 1.43 bits per heavy atom. The lowest BCUT2D eigenvalue weighted by Crippen LogP contribution is -2.23. The highest BCUT2D eigenvalue weighted by Crippen LogP contribution is 2.24. The Morgan fingerprint density at radius 2 is 2.14 bits per heavy atom. The number of hydrazone groups is 1. The molecule has 3 heteroatoms. The Balaban J connectivity index is 2.24. The maximum Gasteiger partial charge on any atom is 0.141 e. The van der Waals surface area contributed by atoms with Crippen LogP contribution in [0.2, 0.25) is 0 Å². The van der Waals surface area contributed by atoms with Crippen molar-refractivity contribution in [3.8, 4) is 0 Å². The van der Waals surface area contributed by atoms with Gasteiger partial charge in [-0.2, -0.15) is 5.10 Å². The summed E-state index contributed by atoms with van der Waals surface area (Å²) in [6.45, 7) is 1.57. The van der Waals surface area contributed by atoms with E-state index in [0.717, 1.165) is 5.56 Å². The van der Waals surface area contributed by atoms with E-state index in [9.17, 15) is 4.79 Å². The molecule has 2 rings (SSSR count). The molecule has 1 radical (unpaired) electrons. The zero-order valence-electron chi connectivity index (χ0n) is 7.90. The second-order valence-corrected chi connectivity index (χ2v) is 3.35. The first kappa shape index (κ1) is 8.94. The number of rotatable bonds is 2. The molecule has 0 saturated carbocycles. The van der Waals surface area contributed by atoms with E-state index < -0.39 is 0 Å². The first-order chi connectivity index (χ1) is 6.79. The van der Waals surface area contributed by atoms with Crippen LogP contribution in [0.25, 0.3) is 0 Å². The summed E-state index contributed by atoms with van der Waals surface area (Å²) in [7, 11) is 0. The average Bonchev–Trinajstić information content (AvgIpc) is 2.67. The smallest absolute Gasteiger partial charge is 0.141 e. The predicted molar refractivity (Wildman–Crippen MR) is 53.9 cm³/mol. The Morgan fingerprint density at radius 3 is 2.79 bits per heavy atom. The van der Waals surface area contributed by atoms with Gasteiger partial charge in [0.25, 0.3) is 0 Å². The van der Waals surface area contributed by atoms with Crippen molar-refractivity contribution >= 4 is 12.0 Å². The number of carbonyl (C=O) groups excluding carboxylic acids is 1. The van der Waals surface area contributed by atoms with Gasteiger partial charge in [0.05, 0.1) is 18.2 Å². The fourth-order valence-electron chi connectivity index (χ4n) is 1.58. The van der Waals surface area contributed by atoms with Crippen molar-refractivity contribution in [2.45, 2.75) is 13.0 Å². The Hall–Kier alpha value is -1.64. The first-order valence-electron chi connectivity index (χ1n) is 4.55. The highest BCUT2D eigenvalue weighted by Gasteiger charge is 2.29. The predicted octanol–water partition coefficient (Wildman–Crippen LogP) is 1.40. The van der Waals surface area contributed by atoms with Crippen molar-refractivity contribution in [3.63, 3.8) is 0 Å². The summed E-state index contributed by atoms with van der Waals surface area (Å²) in [6, 6.07) is 9.77. The van der Waals surface area contributed by atoms with Gasteiger partial charge in [-0.25, -0.2) is 0 Å². The van der Waals surface area contributed by atoms with E-state index in [0.29, 0.717) is 0 Å². The van der Waals surface area contributed by atoms with Gasteiger partial charge in [0.15, 0.2) is 0 Å². The first-order valence-corrected chi connectivity index (χ1v) is 4.55. The normalized spacial score (nSPS) is 24.6. The van der Waals surface area contributed by atoms with Gasteiger partial charge in [0.1, 0.15) is 5.78 Å². The molecule has 14 heavy (non-hydrogen) atoms. The van der Waals surface area contributed by atoms with Crippen molar-refractivity contribution in [1.29, 1.82) is 0 Å². The molecule has 3 nitrogen and oxygen atoms in total. The van der Waals surface area contributed by atoms with Gasteiger partial charge >= 0.3 is 0 Å². The van der Waals surface area contributed by atoms with E-state index in [4.69, 9.17) is 0 Å². The molecular formula is C11H11N2O. The van der Waals surface area contributed by atoms with Gasteiger partial charge in [-0.05, 0) is 12.5 Å². The summed E-state index contributed by atoms with van der Waals surface area (Å²) in [5.74, 6) is -0.162. The maximum atomic E-state index is 11.3. The monoisotopic (exact) mass is 187 g/mol. The molecule has 2 unspecified atom stereocenters. The van der Waals surface area contributed by atoms with Gasteiger partial charge in [0.2, 0.25) is 0 Å². The largest absolute Gasteiger partial charge is 0.301 e. The molecule has 1 aromatic rings. The highest BCUT2D eigenvalue weighted by molar-refractivity contribution is 5.95. The van der Waals surface area contributed by atoms with E-state index in [1.165, 1.54) is 0 Å². The molecule has 71 valence electrons. The number of Topliss-reactive ketones (excluding diaryl/α,β-unsaturated/α-hetero) is 1. The summed E-state index contributed by atoms with van der Waals surface area (Å²) in [5, 5.41) is 3.82. The van der Waals surface area contributed by atoms with Gasteiger partial charge in [-0.1, -0.05) is 30.3 Å². The van der Waals surface area contributed by atoms with Crippen LogP contribution in [0.4, 0.5) is 0 Å². The quantitative estimate of drug-likeness (QED) is 0.760. The molecule has 0 amide bonds. The van der Waals surface area contributed by atoms with Crippen LogP contribution in [0.15, 0.2) is 35.4 Å². The number of nitrogens with zero attached hydrogens (tertiary/aromatic N) is 1. The molecule has 0 saturated heterocycles. The third-order valence-corrected chi connectivity index (χ3v) is 2.34. The molecule has 0 fully saturated rings. The molecule has 1 aliphatic rings. The van der Waals surface area contributed by atoms with Gasteiger partial charge in [-0.3, -0.25) is 4.79 Å². The van der Waals surface area contributed by atoms with Gasteiger partial charge in [-0.15, -0.1) is 0 Å². The summed E-state index contributed by atoms with van der Waals surface area (Å²) < 4.78 is 0. The lowest BCUT2D eigenvalue weighted by molar-refractivity contribution is -0.119. The molecule has 1 aromatic carbocycles. The lowest BCUT2D eigenvalue weighted by Gasteiger charge is -2.15. The van der Waals surface area contributed by atoms with Crippen LogP contribution in [-0.4, -0.2) is 12.0 Å². The summed E-state index contributed by atoms with van der Waals surface area (Å²) in [4.78, 5) is 11.3.